The number of fused-ring (bicyclic) bond motifs is 1. The molecule has 1 aromatic carbocycles. The van der Waals surface area contributed by atoms with Crippen LogP contribution in [0.15, 0.2) is 30.6 Å². The molecule has 3 aromatic rings. The van der Waals surface area contributed by atoms with Gasteiger partial charge in [0.2, 0.25) is 11.9 Å². The molecule has 148 valence electrons. The van der Waals surface area contributed by atoms with Crippen LogP contribution in [0.1, 0.15) is 19.8 Å². The van der Waals surface area contributed by atoms with Gasteiger partial charge in [0, 0.05) is 43.7 Å². The Labute approximate surface area is 163 Å². The van der Waals surface area contributed by atoms with Gasteiger partial charge >= 0.3 is 0 Å². The van der Waals surface area contributed by atoms with Crippen molar-refractivity contribution in [2.45, 2.75) is 19.8 Å². The van der Waals surface area contributed by atoms with Gasteiger partial charge in [-0.25, -0.2) is 15.0 Å². The number of amides is 1. The zero-order valence-corrected chi connectivity index (χ0v) is 16.1. The molecule has 1 aliphatic heterocycles. The zero-order chi connectivity index (χ0) is 20.5. The van der Waals surface area contributed by atoms with Crippen LogP contribution >= 0.6 is 0 Å². The molecule has 0 aliphatic carbocycles. The molecule has 0 saturated carbocycles. The van der Waals surface area contributed by atoms with Gasteiger partial charge in [-0.05, 0) is 31.2 Å². The number of aromatic nitrogens is 4. The fourth-order valence-corrected chi connectivity index (χ4v) is 2.91. The first-order valence-electron chi connectivity index (χ1n) is 8.96. The van der Waals surface area contributed by atoms with Gasteiger partial charge in [-0.15, -0.1) is 0 Å². The SMILES string of the molecule is C=O.CCN.CNc1nc2c(-c3ncccn3)cc(N3CCCC3=O)cc2[nH]1. The van der Waals surface area contributed by atoms with E-state index >= 15 is 0 Å². The van der Waals surface area contributed by atoms with E-state index < -0.39 is 0 Å². The second kappa shape index (κ2) is 10.1. The highest BCUT2D eigenvalue weighted by atomic mass is 16.2. The number of rotatable bonds is 3. The second-order valence-corrected chi connectivity index (χ2v) is 5.85. The number of benzene rings is 1. The van der Waals surface area contributed by atoms with Gasteiger partial charge in [0.05, 0.1) is 5.52 Å². The van der Waals surface area contributed by atoms with Crippen molar-refractivity contribution in [2.24, 2.45) is 5.73 Å². The molecule has 4 rings (SSSR count). The lowest BCUT2D eigenvalue weighted by atomic mass is 10.1. The quantitative estimate of drug-likeness (QED) is 0.630. The Morgan fingerprint density at radius 3 is 2.54 bits per heavy atom. The van der Waals surface area contributed by atoms with Gasteiger partial charge < -0.3 is 25.7 Å². The van der Waals surface area contributed by atoms with Crippen LogP contribution in [0, 0.1) is 0 Å². The van der Waals surface area contributed by atoms with Crippen LogP contribution in [-0.4, -0.2) is 52.8 Å². The lowest BCUT2D eigenvalue weighted by molar-refractivity contribution is -0.117. The van der Waals surface area contributed by atoms with Gasteiger partial charge in [0.15, 0.2) is 5.82 Å². The van der Waals surface area contributed by atoms with E-state index in [0.29, 0.717) is 18.2 Å². The van der Waals surface area contributed by atoms with E-state index in [4.69, 9.17) is 10.5 Å². The van der Waals surface area contributed by atoms with Gasteiger partial charge in [0.25, 0.3) is 0 Å². The monoisotopic (exact) mass is 383 g/mol. The van der Waals surface area contributed by atoms with E-state index in [1.165, 1.54) is 0 Å². The molecule has 0 spiro atoms. The summed E-state index contributed by atoms with van der Waals surface area (Å²) in [5.74, 6) is 1.42. The molecule has 1 aliphatic rings. The van der Waals surface area contributed by atoms with Crippen LogP contribution in [0.5, 0.6) is 0 Å². The zero-order valence-electron chi connectivity index (χ0n) is 16.1. The third kappa shape index (κ3) is 4.49. The number of anilines is 2. The minimum atomic E-state index is 0.151. The van der Waals surface area contributed by atoms with Crippen LogP contribution < -0.4 is 16.0 Å². The molecule has 1 amide bonds. The largest absolute Gasteiger partial charge is 0.359 e. The molecule has 1 saturated heterocycles. The normalized spacial score (nSPS) is 12.8. The minimum absolute atomic E-state index is 0.151. The molecule has 2 aromatic heterocycles. The Bertz CT molecular complexity index is 911. The Hall–Kier alpha value is -3.33. The number of hydrogen-bond donors (Lipinski definition) is 3. The lowest BCUT2D eigenvalue weighted by Gasteiger charge is -2.16. The molecule has 3 heterocycles. The molecule has 4 N–H and O–H groups in total. The average molecular weight is 383 g/mol. The van der Waals surface area contributed by atoms with Gasteiger partial charge in [-0.3, -0.25) is 4.79 Å². The average Bonchev–Trinajstić information content (AvgIpc) is 3.35. The second-order valence-electron chi connectivity index (χ2n) is 5.85. The molecule has 0 bridgehead atoms. The lowest BCUT2D eigenvalue weighted by Crippen LogP contribution is -2.23. The molecule has 9 heteroatoms. The summed E-state index contributed by atoms with van der Waals surface area (Å²) in [6.45, 7) is 5.40. The Balaban J connectivity index is 0.000000514. The summed E-state index contributed by atoms with van der Waals surface area (Å²) >= 11 is 0. The number of carbonyl (C=O) groups excluding carboxylic acids is 2. The van der Waals surface area contributed by atoms with E-state index in [0.717, 1.165) is 41.8 Å². The van der Waals surface area contributed by atoms with Crippen molar-refractivity contribution in [2.75, 3.05) is 30.4 Å². The summed E-state index contributed by atoms with van der Waals surface area (Å²) < 4.78 is 0. The smallest absolute Gasteiger partial charge is 0.227 e. The topological polar surface area (TPSA) is 130 Å². The third-order valence-electron chi connectivity index (χ3n) is 4.00. The van der Waals surface area contributed by atoms with E-state index in [9.17, 15) is 4.79 Å². The van der Waals surface area contributed by atoms with Crippen molar-refractivity contribution < 1.29 is 9.59 Å². The summed E-state index contributed by atoms with van der Waals surface area (Å²) in [5.41, 5.74) is 8.16. The van der Waals surface area contributed by atoms with Gasteiger partial charge in [0.1, 0.15) is 12.3 Å². The Morgan fingerprint density at radius 1 is 1.29 bits per heavy atom. The highest BCUT2D eigenvalue weighted by molar-refractivity contribution is 6.01. The molecule has 1 fully saturated rings. The highest BCUT2D eigenvalue weighted by Gasteiger charge is 2.24. The molecular weight excluding hydrogens is 358 g/mol. The van der Waals surface area contributed by atoms with Crippen LogP contribution in [0.25, 0.3) is 22.4 Å². The molecule has 28 heavy (non-hydrogen) atoms. The van der Waals surface area contributed by atoms with Crippen molar-refractivity contribution in [1.29, 1.82) is 0 Å². The predicted molar refractivity (Wildman–Crippen MR) is 110 cm³/mol. The maximum atomic E-state index is 12.1. The van der Waals surface area contributed by atoms with Crippen molar-refractivity contribution in [3.63, 3.8) is 0 Å². The van der Waals surface area contributed by atoms with E-state index in [2.05, 4.69) is 25.3 Å². The van der Waals surface area contributed by atoms with Crippen molar-refractivity contribution in [3.05, 3.63) is 30.6 Å². The number of aromatic amines is 1. The van der Waals surface area contributed by atoms with Crippen molar-refractivity contribution >= 4 is 35.4 Å². The first-order valence-corrected chi connectivity index (χ1v) is 8.96. The summed E-state index contributed by atoms with van der Waals surface area (Å²) in [6.07, 6.45) is 4.89. The number of nitrogens with two attached hydrogens (primary N) is 1. The number of carbonyl (C=O) groups is 2. The number of imidazole rings is 1. The number of H-pyrrole nitrogens is 1. The van der Waals surface area contributed by atoms with Crippen molar-refractivity contribution in [1.82, 2.24) is 19.9 Å². The first-order chi connectivity index (χ1) is 13.7. The van der Waals surface area contributed by atoms with E-state index in [-0.39, 0.29) is 5.91 Å². The maximum Gasteiger partial charge on any atom is 0.227 e. The van der Waals surface area contributed by atoms with E-state index in [1.807, 2.05) is 30.7 Å². The number of nitrogens with zero attached hydrogens (tertiary/aromatic N) is 4. The number of nitrogens with one attached hydrogen (secondary N) is 2. The molecule has 9 nitrogen and oxygen atoms in total. The van der Waals surface area contributed by atoms with Crippen LogP contribution in [-0.2, 0) is 9.59 Å². The third-order valence-corrected chi connectivity index (χ3v) is 4.00. The molecular formula is C19H25N7O2. The molecule has 0 atom stereocenters. The molecule has 0 radical (unpaired) electrons. The minimum Gasteiger partial charge on any atom is -0.359 e. The fraction of sp³-hybridized carbons (Fsp3) is 0.316. The van der Waals surface area contributed by atoms with Crippen molar-refractivity contribution in [3.8, 4) is 11.4 Å². The van der Waals surface area contributed by atoms with E-state index in [1.54, 1.807) is 25.5 Å². The standard InChI is InChI=1S/C16H16N6O.C2H7N.CH2O/c1-17-16-20-12-9-10(22-7-2-4-13(22)23)8-11(14(12)21-16)15-18-5-3-6-19-15;1-2-3;1-2/h3,5-6,8-9H,2,4,7H2,1H3,(H2,17,20,21);2-3H2,1H3;1H2. The summed E-state index contributed by atoms with van der Waals surface area (Å²) in [6, 6.07) is 5.68. The number of hydrogen-bond acceptors (Lipinski definition) is 7. The highest BCUT2D eigenvalue weighted by Crippen LogP contribution is 2.33. The fourth-order valence-electron chi connectivity index (χ4n) is 2.91. The predicted octanol–water partition coefficient (Wildman–Crippen LogP) is 1.97. The Kier molecular flexibility index (Phi) is 7.58. The van der Waals surface area contributed by atoms with Gasteiger partial charge in [-0.2, -0.15) is 0 Å². The Morgan fingerprint density at radius 2 is 1.96 bits per heavy atom. The maximum absolute atomic E-state index is 12.1. The van der Waals surface area contributed by atoms with Crippen LogP contribution in [0.2, 0.25) is 0 Å². The van der Waals surface area contributed by atoms with Crippen LogP contribution in [0.4, 0.5) is 11.6 Å². The molecule has 0 unspecified atom stereocenters. The first kappa shape index (κ1) is 21.0. The summed E-state index contributed by atoms with van der Waals surface area (Å²) in [4.78, 5) is 38.3. The summed E-state index contributed by atoms with van der Waals surface area (Å²) in [7, 11) is 1.81. The van der Waals surface area contributed by atoms with Gasteiger partial charge in [-0.1, -0.05) is 6.92 Å². The van der Waals surface area contributed by atoms with Crippen LogP contribution in [0.3, 0.4) is 0 Å². The summed E-state index contributed by atoms with van der Waals surface area (Å²) in [5, 5.41) is 3.00.